The van der Waals surface area contributed by atoms with Crippen molar-refractivity contribution in [2.24, 2.45) is 4.99 Å². The molecule has 68 valence electrons. The minimum Gasteiger partial charge on any atom is -0.248 e. The quantitative estimate of drug-likeness (QED) is 0.521. The third-order valence-corrected chi connectivity index (χ3v) is 1.59. The number of halogens is 2. The molecule has 0 spiro atoms. The van der Waals surface area contributed by atoms with E-state index in [4.69, 9.17) is 0 Å². The van der Waals surface area contributed by atoms with Crippen LogP contribution in [0.3, 0.4) is 0 Å². The van der Waals surface area contributed by atoms with Crippen molar-refractivity contribution < 1.29 is 13.6 Å². The van der Waals surface area contributed by atoms with Gasteiger partial charge in [0.2, 0.25) is 6.08 Å². The Morgan fingerprint density at radius 2 is 2.31 bits per heavy atom. The van der Waals surface area contributed by atoms with E-state index < -0.39 is 18.5 Å². The van der Waals surface area contributed by atoms with E-state index in [9.17, 15) is 13.6 Å². The van der Waals surface area contributed by atoms with Crippen LogP contribution in [0.5, 0.6) is 0 Å². The molecular weight excluding hydrogens is 176 g/mol. The van der Waals surface area contributed by atoms with Gasteiger partial charge in [0.1, 0.15) is 18.5 Å². The highest BCUT2D eigenvalue weighted by atomic mass is 19.1. The Morgan fingerprint density at radius 3 is 2.85 bits per heavy atom. The normalized spacial score (nSPS) is 11.8. The summed E-state index contributed by atoms with van der Waals surface area (Å²) in [5.41, 5.74) is 0.339. The number of hydrogen-bond acceptors (Lipinski definition) is 2. The van der Waals surface area contributed by atoms with Gasteiger partial charge in [-0.1, -0.05) is 12.1 Å². The van der Waals surface area contributed by atoms with Gasteiger partial charge in [0, 0.05) is 0 Å². The number of nitrogens with zero attached hydrogens (tertiary/aromatic N) is 1. The van der Waals surface area contributed by atoms with Crippen molar-refractivity contribution in [2.75, 3.05) is 6.67 Å². The molecule has 1 rings (SSSR count). The number of alkyl halides is 1. The molecule has 0 aliphatic heterocycles. The molecule has 0 radical (unpaired) electrons. The van der Waals surface area contributed by atoms with Gasteiger partial charge in [-0.15, -0.1) is 0 Å². The summed E-state index contributed by atoms with van der Waals surface area (Å²) in [5, 5.41) is 0. The van der Waals surface area contributed by atoms with E-state index in [-0.39, 0.29) is 0 Å². The van der Waals surface area contributed by atoms with Crippen LogP contribution in [-0.4, -0.2) is 12.8 Å². The fourth-order valence-electron chi connectivity index (χ4n) is 0.976. The Balaban J connectivity index is 2.97. The monoisotopic (exact) mass is 183 g/mol. The predicted octanol–water partition coefficient (Wildman–Crippen LogP) is 2.17. The Bertz CT molecular complexity index is 334. The summed E-state index contributed by atoms with van der Waals surface area (Å²) in [7, 11) is 0. The maximum atomic E-state index is 12.6. The van der Waals surface area contributed by atoms with Crippen molar-refractivity contribution in [2.45, 2.75) is 6.04 Å². The zero-order valence-electron chi connectivity index (χ0n) is 6.71. The second-order valence-corrected chi connectivity index (χ2v) is 2.45. The van der Waals surface area contributed by atoms with Gasteiger partial charge in [-0.3, -0.25) is 0 Å². The van der Waals surface area contributed by atoms with Crippen LogP contribution in [0, 0.1) is 5.82 Å². The van der Waals surface area contributed by atoms with Gasteiger partial charge in [0.15, 0.2) is 0 Å². The van der Waals surface area contributed by atoms with E-state index in [0.29, 0.717) is 5.56 Å². The highest BCUT2D eigenvalue weighted by Gasteiger charge is 2.09. The van der Waals surface area contributed by atoms with E-state index in [1.165, 1.54) is 24.3 Å². The topological polar surface area (TPSA) is 29.4 Å². The fourth-order valence-corrected chi connectivity index (χ4v) is 0.976. The molecule has 0 amide bonds. The van der Waals surface area contributed by atoms with Crippen LogP contribution in [0.1, 0.15) is 11.6 Å². The zero-order chi connectivity index (χ0) is 9.68. The van der Waals surface area contributed by atoms with Crippen molar-refractivity contribution >= 4 is 6.08 Å². The molecule has 2 nitrogen and oxygen atoms in total. The van der Waals surface area contributed by atoms with Crippen molar-refractivity contribution in [3.63, 3.8) is 0 Å². The SMILES string of the molecule is O=C=NC(CF)c1cccc(F)c1. The van der Waals surface area contributed by atoms with Crippen molar-refractivity contribution in [1.82, 2.24) is 0 Å². The van der Waals surface area contributed by atoms with Crippen LogP contribution >= 0.6 is 0 Å². The number of isocyanates is 1. The molecule has 0 N–H and O–H groups in total. The van der Waals surface area contributed by atoms with E-state index in [1.54, 1.807) is 0 Å². The summed E-state index contributed by atoms with van der Waals surface area (Å²) in [4.78, 5) is 13.1. The van der Waals surface area contributed by atoms with E-state index >= 15 is 0 Å². The molecule has 0 bridgehead atoms. The molecule has 0 fully saturated rings. The highest BCUT2D eigenvalue weighted by Crippen LogP contribution is 2.17. The lowest BCUT2D eigenvalue weighted by Gasteiger charge is -2.05. The molecule has 0 heterocycles. The average molecular weight is 183 g/mol. The first-order chi connectivity index (χ1) is 6.27. The molecule has 0 aromatic heterocycles. The number of hydrogen-bond donors (Lipinski definition) is 0. The second kappa shape index (κ2) is 4.48. The van der Waals surface area contributed by atoms with Crippen LogP contribution in [0.2, 0.25) is 0 Å². The summed E-state index contributed by atoms with van der Waals surface area (Å²) in [5.74, 6) is -0.475. The summed E-state index contributed by atoms with van der Waals surface area (Å²) in [6.07, 6.45) is 1.25. The average Bonchev–Trinajstić information content (AvgIpc) is 2.14. The number of rotatable bonds is 3. The summed E-state index contributed by atoms with van der Waals surface area (Å²) >= 11 is 0. The summed E-state index contributed by atoms with van der Waals surface area (Å²) in [6.45, 7) is -0.835. The lowest BCUT2D eigenvalue weighted by Crippen LogP contribution is -1.97. The number of aliphatic imine (C=N–C) groups is 1. The molecule has 0 aliphatic carbocycles. The van der Waals surface area contributed by atoms with Crippen LogP contribution in [-0.2, 0) is 4.79 Å². The predicted molar refractivity (Wildman–Crippen MR) is 43.2 cm³/mol. The Labute approximate surface area is 73.9 Å². The fraction of sp³-hybridized carbons (Fsp3) is 0.222. The molecule has 1 aromatic carbocycles. The van der Waals surface area contributed by atoms with Gasteiger partial charge >= 0.3 is 0 Å². The number of carbonyl (C=O) groups excluding carboxylic acids is 1. The Hall–Kier alpha value is -1.54. The maximum Gasteiger partial charge on any atom is 0.235 e. The van der Waals surface area contributed by atoms with Crippen molar-refractivity contribution in [3.8, 4) is 0 Å². The van der Waals surface area contributed by atoms with Gasteiger partial charge in [-0.25, -0.2) is 13.6 Å². The van der Waals surface area contributed by atoms with E-state index in [1.807, 2.05) is 0 Å². The summed E-state index contributed by atoms with van der Waals surface area (Å²) < 4.78 is 24.9. The molecule has 1 unspecified atom stereocenters. The standard InChI is InChI=1S/C9H7F2NO/c10-5-9(12-6-13)7-2-1-3-8(11)4-7/h1-4,9H,5H2. The maximum absolute atomic E-state index is 12.6. The summed E-state index contributed by atoms with van der Waals surface area (Å²) in [6, 6.07) is 4.39. The van der Waals surface area contributed by atoms with Crippen LogP contribution in [0.15, 0.2) is 29.3 Å². The first kappa shape index (κ1) is 9.55. The van der Waals surface area contributed by atoms with E-state index in [0.717, 1.165) is 6.07 Å². The van der Waals surface area contributed by atoms with Gasteiger partial charge in [0.25, 0.3) is 0 Å². The third kappa shape index (κ3) is 2.46. The molecule has 4 heteroatoms. The Morgan fingerprint density at radius 1 is 1.54 bits per heavy atom. The molecule has 1 atom stereocenters. The molecular formula is C9H7F2NO. The van der Waals surface area contributed by atoms with Crippen LogP contribution in [0.25, 0.3) is 0 Å². The molecule has 0 aliphatic rings. The largest absolute Gasteiger partial charge is 0.248 e. The van der Waals surface area contributed by atoms with Gasteiger partial charge in [0.05, 0.1) is 0 Å². The second-order valence-electron chi connectivity index (χ2n) is 2.45. The lowest BCUT2D eigenvalue weighted by atomic mass is 10.1. The molecule has 0 saturated heterocycles. The first-order valence-corrected chi connectivity index (χ1v) is 3.66. The third-order valence-electron chi connectivity index (χ3n) is 1.59. The van der Waals surface area contributed by atoms with Crippen molar-refractivity contribution in [1.29, 1.82) is 0 Å². The van der Waals surface area contributed by atoms with Crippen LogP contribution in [0.4, 0.5) is 8.78 Å². The van der Waals surface area contributed by atoms with E-state index in [2.05, 4.69) is 4.99 Å². The highest BCUT2D eigenvalue weighted by molar-refractivity contribution is 5.35. The first-order valence-electron chi connectivity index (χ1n) is 3.66. The van der Waals surface area contributed by atoms with Gasteiger partial charge in [-0.2, -0.15) is 4.99 Å². The molecule has 13 heavy (non-hydrogen) atoms. The lowest BCUT2D eigenvalue weighted by molar-refractivity contribution is 0.434. The minimum atomic E-state index is -0.937. The van der Waals surface area contributed by atoms with Gasteiger partial charge < -0.3 is 0 Å². The van der Waals surface area contributed by atoms with Crippen LogP contribution < -0.4 is 0 Å². The minimum absolute atomic E-state index is 0.339. The number of benzene rings is 1. The smallest absolute Gasteiger partial charge is 0.235 e. The zero-order valence-corrected chi connectivity index (χ0v) is 6.71. The Kier molecular flexibility index (Phi) is 3.29. The van der Waals surface area contributed by atoms with Gasteiger partial charge in [-0.05, 0) is 17.7 Å². The van der Waals surface area contributed by atoms with Crippen molar-refractivity contribution in [3.05, 3.63) is 35.6 Å². The molecule has 1 aromatic rings. The molecule has 0 saturated carbocycles.